The van der Waals surface area contributed by atoms with E-state index < -0.39 is 5.92 Å². The Morgan fingerprint density at radius 2 is 2.00 bits per heavy atom. The van der Waals surface area contributed by atoms with Gasteiger partial charge in [-0.05, 0) is 31.9 Å². The summed E-state index contributed by atoms with van der Waals surface area (Å²) in [7, 11) is 0. The zero-order chi connectivity index (χ0) is 11.8. The molecule has 0 bridgehead atoms. The van der Waals surface area contributed by atoms with Gasteiger partial charge in [-0.2, -0.15) is 0 Å². The van der Waals surface area contributed by atoms with Crippen molar-refractivity contribution in [2.24, 2.45) is 0 Å². The van der Waals surface area contributed by atoms with Crippen molar-refractivity contribution in [1.29, 1.82) is 0 Å². The van der Waals surface area contributed by atoms with Gasteiger partial charge in [0.2, 0.25) is 0 Å². The summed E-state index contributed by atoms with van der Waals surface area (Å²) in [6.45, 7) is 3.87. The summed E-state index contributed by atoms with van der Waals surface area (Å²) >= 11 is 0. The number of halogens is 2. The van der Waals surface area contributed by atoms with Crippen molar-refractivity contribution in [3.05, 3.63) is 35.4 Å². The molecule has 1 aromatic rings. The fraction of sp³-hybridized carbons (Fsp3) is 0.538. The zero-order valence-corrected chi connectivity index (χ0v) is 9.69. The highest BCUT2D eigenvalue weighted by Crippen LogP contribution is 2.38. The lowest BCUT2D eigenvalue weighted by Crippen LogP contribution is -2.35. The van der Waals surface area contributed by atoms with Gasteiger partial charge in [0.1, 0.15) is 0 Å². The Morgan fingerprint density at radius 1 is 1.31 bits per heavy atom. The molecule has 3 heteroatoms. The minimum atomic E-state index is -2.77. The third kappa shape index (κ3) is 1.96. The van der Waals surface area contributed by atoms with Crippen LogP contribution < -0.4 is 5.32 Å². The minimum absolute atomic E-state index is 0.145. The summed E-state index contributed by atoms with van der Waals surface area (Å²) < 4.78 is 27.0. The molecule has 1 aliphatic rings. The van der Waals surface area contributed by atoms with Crippen molar-refractivity contribution in [2.45, 2.75) is 38.2 Å². The molecule has 0 amide bonds. The lowest BCUT2D eigenvalue weighted by atomic mass is 9.85. The molecule has 1 nitrogen and oxygen atoms in total. The largest absolute Gasteiger partial charge is 0.308 e. The van der Waals surface area contributed by atoms with Gasteiger partial charge < -0.3 is 5.32 Å². The molecular formula is C13H17F2N. The molecule has 0 saturated carbocycles. The number of hydrogen-bond acceptors (Lipinski definition) is 1. The van der Waals surface area contributed by atoms with Crippen LogP contribution in [-0.4, -0.2) is 6.54 Å². The van der Waals surface area contributed by atoms with Gasteiger partial charge in [-0.3, -0.25) is 0 Å². The second-order valence-corrected chi connectivity index (χ2v) is 4.80. The first-order chi connectivity index (χ1) is 7.43. The van der Waals surface area contributed by atoms with Crippen LogP contribution in [0.2, 0.25) is 0 Å². The van der Waals surface area contributed by atoms with Crippen LogP contribution in [0.1, 0.15) is 37.8 Å². The molecule has 16 heavy (non-hydrogen) atoms. The van der Waals surface area contributed by atoms with E-state index >= 15 is 0 Å². The van der Waals surface area contributed by atoms with Crippen molar-refractivity contribution >= 4 is 0 Å². The summed E-state index contributed by atoms with van der Waals surface area (Å²) in [4.78, 5) is 0. The first-order valence-electron chi connectivity index (χ1n) is 5.66. The molecule has 1 atom stereocenters. The Labute approximate surface area is 94.9 Å². The van der Waals surface area contributed by atoms with E-state index in [0.717, 1.165) is 31.9 Å². The topological polar surface area (TPSA) is 12.0 Å². The average Bonchev–Trinajstić information content (AvgIpc) is 2.65. The predicted octanol–water partition coefficient (Wildman–Crippen LogP) is 3.40. The molecule has 0 spiro atoms. The van der Waals surface area contributed by atoms with Crippen molar-refractivity contribution in [1.82, 2.24) is 5.32 Å². The smallest absolute Gasteiger partial charge is 0.270 e. The molecular weight excluding hydrogens is 208 g/mol. The van der Waals surface area contributed by atoms with Gasteiger partial charge in [0.15, 0.2) is 0 Å². The van der Waals surface area contributed by atoms with E-state index in [2.05, 4.69) is 5.32 Å². The first kappa shape index (κ1) is 11.5. The quantitative estimate of drug-likeness (QED) is 0.813. The maximum absolute atomic E-state index is 13.5. The highest BCUT2D eigenvalue weighted by Gasteiger charge is 2.37. The number of rotatable bonds is 2. The number of alkyl halides is 2. The molecule has 1 aliphatic heterocycles. The molecule has 1 N–H and O–H groups in total. The van der Waals surface area contributed by atoms with Crippen LogP contribution in [0.15, 0.2) is 24.3 Å². The maximum atomic E-state index is 13.5. The third-order valence-corrected chi connectivity index (χ3v) is 3.36. The Hall–Kier alpha value is -0.960. The molecule has 1 fully saturated rings. The van der Waals surface area contributed by atoms with E-state index in [4.69, 9.17) is 0 Å². The highest BCUT2D eigenvalue weighted by molar-refractivity contribution is 5.36. The second kappa shape index (κ2) is 3.81. The molecule has 88 valence electrons. The lowest BCUT2D eigenvalue weighted by Gasteiger charge is -2.29. The predicted molar refractivity (Wildman–Crippen MR) is 60.6 cm³/mol. The van der Waals surface area contributed by atoms with Gasteiger partial charge in [-0.15, -0.1) is 0 Å². The van der Waals surface area contributed by atoms with Crippen LogP contribution in [0.4, 0.5) is 8.78 Å². The Balaban J connectivity index is 2.48. The summed E-state index contributed by atoms with van der Waals surface area (Å²) in [6.07, 6.45) is 1.96. The Bertz CT molecular complexity index is 376. The van der Waals surface area contributed by atoms with E-state index in [1.54, 1.807) is 6.07 Å². The fourth-order valence-electron chi connectivity index (χ4n) is 2.47. The number of nitrogens with one attached hydrogen (secondary N) is 1. The van der Waals surface area contributed by atoms with Crippen molar-refractivity contribution in [2.75, 3.05) is 6.54 Å². The van der Waals surface area contributed by atoms with Gasteiger partial charge >= 0.3 is 0 Å². The van der Waals surface area contributed by atoms with Crippen LogP contribution in [0.25, 0.3) is 0 Å². The summed E-state index contributed by atoms with van der Waals surface area (Å²) in [5, 5.41) is 3.33. The van der Waals surface area contributed by atoms with Crippen molar-refractivity contribution < 1.29 is 8.78 Å². The maximum Gasteiger partial charge on any atom is 0.270 e. The molecule has 0 aromatic heterocycles. The zero-order valence-electron chi connectivity index (χ0n) is 9.69. The molecule has 1 heterocycles. The monoisotopic (exact) mass is 225 g/mol. The van der Waals surface area contributed by atoms with E-state index in [0.29, 0.717) is 0 Å². The van der Waals surface area contributed by atoms with Crippen LogP contribution in [0.3, 0.4) is 0 Å². The first-order valence-corrected chi connectivity index (χ1v) is 5.66. The summed E-state index contributed by atoms with van der Waals surface area (Å²) in [5.41, 5.74) is 0.586. The van der Waals surface area contributed by atoms with Crippen LogP contribution in [0.5, 0.6) is 0 Å². The second-order valence-electron chi connectivity index (χ2n) is 4.80. The van der Waals surface area contributed by atoms with Gasteiger partial charge in [0, 0.05) is 18.0 Å². The standard InChI is InChI=1S/C13H17F2N/c1-12(8-5-9-16-12)10-6-3-4-7-11(10)13(2,14)15/h3-4,6-7,16H,5,8-9H2,1-2H3. The summed E-state index contributed by atoms with van der Waals surface area (Å²) in [6, 6.07) is 6.84. The Morgan fingerprint density at radius 3 is 2.56 bits per heavy atom. The fourth-order valence-corrected chi connectivity index (χ4v) is 2.47. The minimum Gasteiger partial charge on any atom is -0.308 e. The molecule has 2 rings (SSSR count). The van der Waals surface area contributed by atoms with Crippen LogP contribution in [-0.2, 0) is 11.5 Å². The summed E-state index contributed by atoms with van der Waals surface area (Å²) in [5.74, 6) is -2.77. The van der Waals surface area contributed by atoms with E-state index in [-0.39, 0.29) is 11.1 Å². The SMILES string of the molecule is CC(F)(F)c1ccccc1C1(C)CCCN1. The normalized spacial score (nSPS) is 26.0. The van der Waals surface area contributed by atoms with Gasteiger partial charge in [-0.1, -0.05) is 24.3 Å². The third-order valence-electron chi connectivity index (χ3n) is 3.36. The number of benzene rings is 1. The van der Waals surface area contributed by atoms with E-state index in [1.165, 1.54) is 6.07 Å². The van der Waals surface area contributed by atoms with E-state index in [9.17, 15) is 8.78 Å². The lowest BCUT2D eigenvalue weighted by molar-refractivity contribution is 0.0152. The molecule has 1 unspecified atom stereocenters. The van der Waals surface area contributed by atoms with Gasteiger partial charge in [0.25, 0.3) is 5.92 Å². The number of hydrogen-bond donors (Lipinski definition) is 1. The van der Waals surface area contributed by atoms with Gasteiger partial charge in [0.05, 0.1) is 0 Å². The average molecular weight is 225 g/mol. The van der Waals surface area contributed by atoms with Crippen molar-refractivity contribution in [3.63, 3.8) is 0 Å². The highest BCUT2D eigenvalue weighted by atomic mass is 19.3. The van der Waals surface area contributed by atoms with Gasteiger partial charge in [-0.25, -0.2) is 8.78 Å². The van der Waals surface area contributed by atoms with Crippen LogP contribution >= 0.6 is 0 Å². The molecule has 0 radical (unpaired) electrons. The molecule has 0 aliphatic carbocycles. The van der Waals surface area contributed by atoms with E-state index in [1.807, 2.05) is 19.1 Å². The molecule has 1 saturated heterocycles. The van der Waals surface area contributed by atoms with Crippen LogP contribution in [0, 0.1) is 0 Å². The van der Waals surface area contributed by atoms with Crippen molar-refractivity contribution in [3.8, 4) is 0 Å². The molecule has 1 aromatic carbocycles. The Kier molecular flexibility index (Phi) is 2.74.